The summed E-state index contributed by atoms with van der Waals surface area (Å²) in [6.45, 7) is 0. The van der Waals surface area contributed by atoms with Gasteiger partial charge in [-0.25, -0.2) is 9.98 Å². The Morgan fingerprint density at radius 2 is 1.44 bits per heavy atom. The van der Waals surface area contributed by atoms with Crippen molar-refractivity contribution < 1.29 is 4.42 Å². The van der Waals surface area contributed by atoms with Gasteiger partial charge in [0.15, 0.2) is 11.4 Å². The van der Waals surface area contributed by atoms with Gasteiger partial charge in [0, 0.05) is 44.3 Å². The molecule has 5 nitrogen and oxygen atoms in total. The average molecular weight is 647 g/mol. The largest absolute Gasteiger partial charge is 0.454 e. The minimum absolute atomic E-state index is 0.149. The molecule has 240 valence electrons. The van der Waals surface area contributed by atoms with Gasteiger partial charge in [-0.05, 0) is 72.9 Å². The van der Waals surface area contributed by atoms with Gasteiger partial charge < -0.3 is 14.3 Å². The smallest absolute Gasteiger partial charge is 0.160 e. The Labute approximate surface area is 290 Å². The SMILES string of the molecule is C1=CC(C2=CC(C3N=C(c4ccc(-n5c6ccccc6c6ccc7c8ccccc8oc7c65)cc4)N=C(c4ccccc4)N3)CC=C2)=CCC1. The minimum Gasteiger partial charge on any atom is -0.454 e. The number of benzene rings is 5. The Morgan fingerprint density at radius 3 is 2.30 bits per heavy atom. The van der Waals surface area contributed by atoms with Gasteiger partial charge in [-0.3, -0.25) is 0 Å². The van der Waals surface area contributed by atoms with Crippen LogP contribution in [0.2, 0.25) is 0 Å². The zero-order chi connectivity index (χ0) is 33.0. The van der Waals surface area contributed by atoms with Crippen molar-refractivity contribution in [2.45, 2.75) is 25.4 Å². The third kappa shape index (κ3) is 4.77. The molecule has 1 N–H and O–H groups in total. The van der Waals surface area contributed by atoms with Crippen molar-refractivity contribution in [1.82, 2.24) is 9.88 Å². The fourth-order valence-electron chi connectivity index (χ4n) is 7.76. The quantitative estimate of drug-likeness (QED) is 0.202. The van der Waals surface area contributed by atoms with Crippen LogP contribution in [0.15, 0.2) is 177 Å². The molecule has 50 heavy (non-hydrogen) atoms. The predicted octanol–water partition coefficient (Wildman–Crippen LogP) is 10.6. The lowest BCUT2D eigenvalue weighted by atomic mass is 9.88. The molecule has 2 unspecified atom stereocenters. The van der Waals surface area contributed by atoms with E-state index in [0.717, 1.165) is 80.7 Å². The van der Waals surface area contributed by atoms with Gasteiger partial charge in [-0.1, -0.05) is 109 Å². The molecule has 5 heteroatoms. The first-order valence-corrected chi connectivity index (χ1v) is 17.5. The second kappa shape index (κ2) is 11.7. The van der Waals surface area contributed by atoms with Crippen LogP contribution in [0, 0.1) is 5.92 Å². The zero-order valence-corrected chi connectivity index (χ0v) is 27.5. The van der Waals surface area contributed by atoms with Crippen LogP contribution < -0.4 is 5.32 Å². The normalized spacial score (nSPS) is 19.0. The van der Waals surface area contributed by atoms with E-state index >= 15 is 0 Å². The van der Waals surface area contributed by atoms with E-state index in [1.165, 1.54) is 21.9 Å². The highest BCUT2D eigenvalue weighted by Gasteiger charge is 2.27. The van der Waals surface area contributed by atoms with E-state index in [9.17, 15) is 0 Å². The van der Waals surface area contributed by atoms with Crippen LogP contribution in [0.1, 0.15) is 30.4 Å². The molecule has 3 heterocycles. The Hall–Kier alpha value is -6.20. The van der Waals surface area contributed by atoms with Crippen molar-refractivity contribution in [2.24, 2.45) is 15.9 Å². The summed E-state index contributed by atoms with van der Waals surface area (Å²) in [6, 6.07) is 40.4. The number of nitrogens with zero attached hydrogens (tertiary/aromatic N) is 3. The highest BCUT2D eigenvalue weighted by atomic mass is 16.3. The number of fused-ring (bicyclic) bond motifs is 7. The molecule has 0 spiro atoms. The summed E-state index contributed by atoms with van der Waals surface area (Å²) in [7, 11) is 0. The van der Waals surface area contributed by atoms with E-state index in [2.05, 4.69) is 143 Å². The summed E-state index contributed by atoms with van der Waals surface area (Å²) in [4.78, 5) is 10.4. The summed E-state index contributed by atoms with van der Waals surface area (Å²) in [5.41, 5.74) is 9.69. The molecule has 0 radical (unpaired) electrons. The highest BCUT2D eigenvalue weighted by Crippen LogP contribution is 2.40. The maximum atomic E-state index is 6.56. The number of nitrogens with one attached hydrogen (secondary N) is 1. The molecular weight excluding hydrogens is 613 g/mol. The fraction of sp³-hybridized carbons (Fsp3) is 0.111. The molecule has 0 bridgehead atoms. The maximum Gasteiger partial charge on any atom is 0.160 e. The summed E-state index contributed by atoms with van der Waals surface area (Å²) < 4.78 is 8.90. The van der Waals surface area contributed by atoms with Gasteiger partial charge >= 0.3 is 0 Å². The van der Waals surface area contributed by atoms with Crippen LogP contribution in [0.3, 0.4) is 0 Å². The van der Waals surface area contributed by atoms with Crippen molar-refractivity contribution in [3.63, 3.8) is 0 Å². The molecule has 1 aliphatic heterocycles. The molecule has 2 aliphatic carbocycles. The maximum absolute atomic E-state index is 6.56. The minimum atomic E-state index is -0.149. The molecule has 2 aromatic heterocycles. The predicted molar refractivity (Wildman–Crippen MR) is 206 cm³/mol. The third-order valence-electron chi connectivity index (χ3n) is 10.2. The first-order valence-electron chi connectivity index (χ1n) is 17.5. The van der Waals surface area contributed by atoms with E-state index in [4.69, 9.17) is 14.4 Å². The summed E-state index contributed by atoms with van der Waals surface area (Å²) in [5.74, 6) is 1.78. The van der Waals surface area contributed by atoms with Crippen LogP contribution in [-0.2, 0) is 0 Å². The Morgan fingerprint density at radius 1 is 0.660 bits per heavy atom. The number of hydrogen-bond acceptors (Lipinski definition) is 4. The molecule has 5 aromatic carbocycles. The van der Waals surface area contributed by atoms with E-state index < -0.39 is 0 Å². The topological polar surface area (TPSA) is 54.8 Å². The zero-order valence-electron chi connectivity index (χ0n) is 27.5. The number of amidine groups is 2. The summed E-state index contributed by atoms with van der Waals surface area (Å²) >= 11 is 0. The standard InChI is InChI=1S/C45H34N4O/c1-3-12-29(13-4-1)32-16-11-17-33(28-32)45-47-43(30-14-5-2-6-15-30)46-44(48-45)31-22-24-34(25-23-31)49-39-20-9-7-18-35(39)37-26-27-38-36-19-8-10-21-40(36)50-42(38)41(37)49/h2-3,5-16,18-28,33,45H,1,4,17H2,(H,46,47,48). The lowest BCUT2D eigenvalue weighted by Gasteiger charge is -2.29. The molecule has 3 aliphatic rings. The molecule has 10 rings (SSSR count). The number of aromatic nitrogens is 1. The van der Waals surface area contributed by atoms with Crippen LogP contribution in [0.5, 0.6) is 0 Å². The van der Waals surface area contributed by atoms with Gasteiger partial charge in [-0.2, -0.15) is 0 Å². The van der Waals surface area contributed by atoms with E-state index in [-0.39, 0.29) is 12.1 Å². The molecular formula is C45H34N4O. The first kappa shape index (κ1) is 28.8. The molecule has 0 amide bonds. The van der Waals surface area contributed by atoms with E-state index in [1.54, 1.807) is 0 Å². The van der Waals surface area contributed by atoms with Crippen molar-refractivity contribution in [2.75, 3.05) is 0 Å². The third-order valence-corrected chi connectivity index (χ3v) is 10.2. The summed E-state index contributed by atoms with van der Waals surface area (Å²) in [6.07, 6.45) is 16.8. The fourth-order valence-corrected chi connectivity index (χ4v) is 7.76. The second-order valence-electron chi connectivity index (χ2n) is 13.3. The number of aliphatic imine (C=N–C) groups is 2. The van der Waals surface area contributed by atoms with Gasteiger partial charge in [0.1, 0.15) is 17.6 Å². The number of furan rings is 1. The van der Waals surface area contributed by atoms with Crippen molar-refractivity contribution in [3.05, 3.63) is 174 Å². The van der Waals surface area contributed by atoms with Crippen LogP contribution in [-0.4, -0.2) is 22.4 Å². The van der Waals surface area contributed by atoms with E-state index in [0.29, 0.717) is 0 Å². The van der Waals surface area contributed by atoms with Gasteiger partial charge in [0.25, 0.3) is 0 Å². The number of rotatable bonds is 5. The van der Waals surface area contributed by atoms with Gasteiger partial charge in [0.2, 0.25) is 0 Å². The highest BCUT2D eigenvalue weighted by molar-refractivity contribution is 6.21. The lowest BCUT2D eigenvalue weighted by Crippen LogP contribution is -2.43. The Balaban J connectivity index is 1.08. The monoisotopic (exact) mass is 646 g/mol. The van der Waals surface area contributed by atoms with Crippen molar-refractivity contribution in [1.29, 1.82) is 0 Å². The first-order chi connectivity index (χ1) is 24.8. The number of hydrogen-bond donors (Lipinski definition) is 1. The average Bonchev–Trinajstić information content (AvgIpc) is 3.75. The number of allylic oxidation sites excluding steroid dienone is 7. The molecule has 2 atom stereocenters. The lowest BCUT2D eigenvalue weighted by molar-refractivity contribution is 0.474. The molecule has 0 fully saturated rings. The van der Waals surface area contributed by atoms with Crippen molar-refractivity contribution >= 4 is 55.4 Å². The number of para-hydroxylation sites is 2. The van der Waals surface area contributed by atoms with Crippen LogP contribution in [0.4, 0.5) is 0 Å². The van der Waals surface area contributed by atoms with Gasteiger partial charge in [0.05, 0.1) is 11.0 Å². The summed E-state index contributed by atoms with van der Waals surface area (Å²) in [5, 5.41) is 8.32. The Bertz CT molecular complexity index is 2640. The van der Waals surface area contributed by atoms with Crippen molar-refractivity contribution in [3.8, 4) is 5.69 Å². The molecule has 0 saturated heterocycles. The van der Waals surface area contributed by atoms with Crippen LogP contribution in [0.25, 0.3) is 49.4 Å². The van der Waals surface area contributed by atoms with Gasteiger partial charge in [-0.15, -0.1) is 0 Å². The molecule has 0 saturated carbocycles. The molecule has 7 aromatic rings. The Kier molecular flexibility index (Phi) is 6.76. The second-order valence-corrected chi connectivity index (χ2v) is 13.3. The van der Waals surface area contributed by atoms with Crippen LogP contribution >= 0.6 is 0 Å². The van der Waals surface area contributed by atoms with E-state index in [1.807, 2.05) is 18.2 Å².